The Morgan fingerprint density at radius 1 is 0.947 bits per heavy atom. The van der Waals surface area contributed by atoms with E-state index in [4.69, 9.17) is 4.74 Å². The fourth-order valence-electron chi connectivity index (χ4n) is 4.61. The molecule has 1 aromatic heterocycles. The van der Waals surface area contributed by atoms with E-state index < -0.39 is 6.04 Å². The van der Waals surface area contributed by atoms with E-state index in [2.05, 4.69) is 40.3 Å². The van der Waals surface area contributed by atoms with Crippen molar-refractivity contribution in [1.29, 1.82) is 0 Å². The third-order valence-electron chi connectivity index (χ3n) is 6.41. The molecular formula is C33H30N2O3. The van der Waals surface area contributed by atoms with Gasteiger partial charge in [0.2, 0.25) is 0 Å². The highest BCUT2D eigenvalue weighted by atomic mass is 16.5. The molecule has 0 bridgehead atoms. The molecule has 0 aliphatic carbocycles. The minimum absolute atomic E-state index is 0.103. The van der Waals surface area contributed by atoms with Gasteiger partial charge in [0, 0.05) is 28.2 Å². The smallest absolute Gasteiger partial charge is 0.255 e. The first-order valence-electron chi connectivity index (χ1n) is 12.8. The number of benzene rings is 4. The average molecular weight is 503 g/mol. The Morgan fingerprint density at radius 2 is 1.71 bits per heavy atom. The Kier molecular flexibility index (Phi) is 7.44. The minimum Gasteiger partial charge on any atom is -0.490 e. The second-order valence-corrected chi connectivity index (χ2v) is 9.57. The van der Waals surface area contributed by atoms with Crippen molar-refractivity contribution in [2.75, 3.05) is 6.61 Å². The van der Waals surface area contributed by atoms with Gasteiger partial charge < -0.3 is 20.1 Å². The van der Waals surface area contributed by atoms with Crippen LogP contribution >= 0.6 is 0 Å². The number of aliphatic hydroxyl groups is 1. The molecule has 1 atom stereocenters. The third kappa shape index (κ3) is 5.56. The fraction of sp³-hybridized carbons (Fsp3) is 0.182. The van der Waals surface area contributed by atoms with Gasteiger partial charge in [-0.2, -0.15) is 0 Å². The minimum atomic E-state index is -0.459. The zero-order chi connectivity index (χ0) is 26.5. The van der Waals surface area contributed by atoms with E-state index in [1.54, 1.807) is 12.1 Å². The average Bonchev–Trinajstić information content (AvgIpc) is 3.34. The largest absolute Gasteiger partial charge is 0.490 e. The maximum absolute atomic E-state index is 13.5. The number of para-hydroxylation sites is 1. The summed E-state index contributed by atoms with van der Waals surface area (Å²) in [5.41, 5.74) is 4.08. The summed E-state index contributed by atoms with van der Waals surface area (Å²) >= 11 is 0. The number of nitrogens with one attached hydrogen (secondary N) is 2. The predicted molar refractivity (Wildman–Crippen MR) is 152 cm³/mol. The van der Waals surface area contributed by atoms with Gasteiger partial charge in [0.15, 0.2) is 0 Å². The molecule has 0 aliphatic rings. The lowest BCUT2D eigenvalue weighted by Gasteiger charge is -2.19. The highest BCUT2D eigenvalue weighted by molar-refractivity contribution is 5.97. The van der Waals surface area contributed by atoms with Gasteiger partial charge in [-0.05, 0) is 66.9 Å². The number of aromatic amines is 1. The van der Waals surface area contributed by atoms with Crippen LogP contribution in [-0.2, 0) is 6.42 Å². The summed E-state index contributed by atoms with van der Waals surface area (Å²) in [6, 6.07) is 27.1. The van der Waals surface area contributed by atoms with Gasteiger partial charge in [-0.15, -0.1) is 0 Å². The lowest BCUT2D eigenvalue weighted by Crippen LogP contribution is -2.39. The first-order valence-corrected chi connectivity index (χ1v) is 12.8. The normalized spacial score (nSPS) is 11.8. The van der Waals surface area contributed by atoms with Crippen molar-refractivity contribution in [1.82, 2.24) is 10.3 Å². The quantitative estimate of drug-likeness (QED) is 0.245. The predicted octanol–water partition coefficient (Wildman–Crippen LogP) is 5.84. The van der Waals surface area contributed by atoms with Crippen molar-refractivity contribution in [2.45, 2.75) is 32.4 Å². The molecule has 1 amide bonds. The number of carbonyl (C=O) groups is 1. The van der Waals surface area contributed by atoms with Crippen LogP contribution < -0.4 is 10.1 Å². The van der Waals surface area contributed by atoms with Crippen molar-refractivity contribution >= 4 is 27.6 Å². The van der Waals surface area contributed by atoms with Gasteiger partial charge in [0.1, 0.15) is 5.75 Å². The summed E-state index contributed by atoms with van der Waals surface area (Å²) in [6.07, 6.45) is 2.32. The molecule has 0 fully saturated rings. The lowest BCUT2D eigenvalue weighted by atomic mass is 10.0. The van der Waals surface area contributed by atoms with Crippen LogP contribution in [0.1, 0.15) is 40.9 Å². The van der Waals surface area contributed by atoms with Crippen molar-refractivity contribution in [3.63, 3.8) is 0 Å². The van der Waals surface area contributed by atoms with E-state index in [1.165, 1.54) is 0 Å². The number of aliphatic hydroxyl groups excluding tert-OH is 1. The molecule has 5 heteroatoms. The molecule has 4 aromatic carbocycles. The summed E-state index contributed by atoms with van der Waals surface area (Å²) in [5, 5.41) is 16.4. The Bertz CT molecular complexity index is 1650. The van der Waals surface area contributed by atoms with Crippen LogP contribution in [0.4, 0.5) is 0 Å². The van der Waals surface area contributed by atoms with Crippen molar-refractivity contribution in [3.05, 3.63) is 113 Å². The number of carbonyl (C=O) groups excluding carboxylic acids is 1. The summed E-state index contributed by atoms with van der Waals surface area (Å²) in [4.78, 5) is 16.7. The zero-order valence-corrected chi connectivity index (χ0v) is 21.5. The third-order valence-corrected chi connectivity index (χ3v) is 6.41. The maximum Gasteiger partial charge on any atom is 0.255 e. The summed E-state index contributed by atoms with van der Waals surface area (Å²) in [7, 11) is 0. The van der Waals surface area contributed by atoms with Crippen molar-refractivity contribution in [2.24, 2.45) is 0 Å². The molecular weight excluding hydrogens is 472 g/mol. The highest BCUT2D eigenvalue weighted by Gasteiger charge is 2.19. The molecule has 190 valence electrons. The lowest BCUT2D eigenvalue weighted by molar-refractivity contribution is 0.0910. The molecule has 0 unspecified atom stereocenters. The number of H-pyrrole nitrogens is 1. The molecule has 1 heterocycles. The second kappa shape index (κ2) is 11.2. The first-order chi connectivity index (χ1) is 18.5. The number of hydrogen-bond acceptors (Lipinski definition) is 3. The molecule has 0 aliphatic heterocycles. The summed E-state index contributed by atoms with van der Waals surface area (Å²) in [6.45, 7) is 3.65. The molecule has 0 saturated carbocycles. The van der Waals surface area contributed by atoms with E-state index in [-0.39, 0.29) is 18.6 Å². The van der Waals surface area contributed by atoms with E-state index in [1.807, 2.05) is 74.6 Å². The SMILES string of the molecule is CC(C)Oc1ccc(C#Cc2cccc3ccccc23)cc1C(=O)N[C@@H](CO)Cc1c[nH]c2ccccc12. The van der Waals surface area contributed by atoms with Crippen LogP contribution in [0.3, 0.4) is 0 Å². The van der Waals surface area contributed by atoms with Crippen LogP contribution in [0.25, 0.3) is 21.7 Å². The molecule has 5 nitrogen and oxygen atoms in total. The standard InChI is InChI=1S/C33H30N2O3/c1-22(2)38-32-17-15-23(14-16-25-10-7-9-24-8-3-4-11-28(24)25)18-30(32)33(37)35-27(21-36)19-26-20-34-31-13-6-5-12-29(26)31/h3-13,15,17-18,20,22,27,34,36H,19,21H2,1-2H3,(H,35,37)/t27-/m1/s1. The van der Waals surface area contributed by atoms with Gasteiger partial charge in [-0.1, -0.05) is 66.4 Å². The Morgan fingerprint density at radius 3 is 2.53 bits per heavy atom. The van der Waals surface area contributed by atoms with Crippen LogP contribution in [-0.4, -0.2) is 34.8 Å². The van der Waals surface area contributed by atoms with Crippen LogP contribution in [0, 0.1) is 11.8 Å². The molecule has 38 heavy (non-hydrogen) atoms. The van der Waals surface area contributed by atoms with Gasteiger partial charge in [0.25, 0.3) is 5.91 Å². The van der Waals surface area contributed by atoms with Gasteiger partial charge in [-0.25, -0.2) is 0 Å². The van der Waals surface area contributed by atoms with E-state index in [0.717, 1.165) is 32.8 Å². The van der Waals surface area contributed by atoms with E-state index in [0.29, 0.717) is 23.3 Å². The Labute approximate surface area is 222 Å². The number of aromatic nitrogens is 1. The van der Waals surface area contributed by atoms with Gasteiger partial charge in [-0.3, -0.25) is 4.79 Å². The second-order valence-electron chi connectivity index (χ2n) is 9.57. The molecule has 3 N–H and O–H groups in total. The van der Waals surface area contributed by atoms with Crippen molar-refractivity contribution in [3.8, 4) is 17.6 Å². The summed E-state index contributed by atoms with van der Waals surface area (Å²) < 4.78 is 5.94. The van der Waals surface area contributed by atoms with Gasteiger partial charge >= 0.3 is 0 Å². The number of rotatable bonds is 7. The fourth-order valence-corrected chi connectivity index (χ4v) is 4.61. The molecule has 0 spiro atoms. The summed E-state index contributed by atoms with van der Waals surface area (Å²) in [5.74, 6) is 6.65. The molecule has 5 aromatic rings. The highest BCUT2D eigenvalue weighted by Crippen LogP contribution is 2.24. The van der Waals surface area contributed by atoms with E-state index >= 15 is 0 Å². The number of amides is 1. The number of hydrogen-bond donors (Lipinski definition) is 3. The van der Waals surface area contributed by atoms with E-state index in [9.17, 15) is 9.90 Å². The van der Waals surface area contributed by atoms with Crippen LogP contribution in [0.5, 0.6) is 5.75 Å². The Hall–Kier alpha value is -4.53. The van der Waals surface area contributed by atoms with Gasteiger partial charge in [0.05, 0.1) is 24.3 Å². The van der Waals surface area contributed by atoms with Crippen LogP contribution in [0.2, 0.25) is 0 Å². The zero-order valence-electron chi connectivity index (χ0n) is 21.5. The number of ether oxygens (including phenoxy) is 1. The number of fused-ring (bicyclic) bond motifs is 2. The van der Waals surface area contributed by atoms with Crippen molar-refractivity contribution < 1.29 is 14.6 Å². The first kappa shape index (κ1) is 25.1. The molecule has 0 saturated heterocycles. The molecule has 5 rings (SSSR count). The topological polar surface area (TPSA) is 74.3 Å². The monoisotopic (exact) mass is 502 g/mol. The van der Waals surface area contributed by atoms with Crippen LogP contribution in [0.15, 0.2) is 91.1 Å². The maximum atomic E-state index is 13.5. The molecule has 0 radical (unpaired) electrons. The Balaban J connectivity index is 1.42.